The Balaban J connectivity index is 2.59. The molecule has 1 aromatic carbocycles. The number of benzene rings is 1. The lowest BCUT2D eigenvalue weighted by Crippen LogP contribution is -2.43. The van der Waals surface area contributed by atoms with E-state index in [1.165, 1.54) is 30.4 Å². The Bertz CT molecular complexity index is 304. The van der Waals surface area contributed by atoms with E-state index in [0.717, 1.165) is 6.54 Å². The molecule has 0 aliphatic heterocycles. The molecule has 0 aromatic heterocycles. The van der Waals surface area contributed by atoms with Crippen molar-refractivity contribution < 1.29 is 0 Å². The summed E-state index contributed by atoms with van der Waals surface area (Å²) < 4.78 is 0. The van der Waals surface area contributed by atoms with Crippen molar-refractivity contribution in [1.82, 2.24) is 5.32 Å². The van der Waals surface area contributed by atoms with Crippen molar-refractivity contribution in [2.24, 2.45) is 5.73 Å². The molecule has 0 saturated carbocycles. The average molecular weight is 234 g/mol. The van der Waals surface area contributed by atoms with Crippen molar-refractivity contribution in [2.75, 3.05) is 0 Å². The molecule has 2 nitrogen and oxygen atoms in total. The summed E-state index contributed by atoms with van der Waals surface area (Å²) in [6, 6.07) is 8.56. The highest BCUT2D eigenvalue weighted by Crippen LogP contribution is 2.20. The van der Waals surface area contributed by atoms with Crippen LogP contribution in [0.1, 0.15) is 51.2 Å². The molecule has 17 heavy (non-hydrogen) atoms. The minimum atomic E-state index is 0.298. The maximum atomic E-state index is 5.59. The fourth-order valence-electron chi connectivity index (χ4n) is 2.21. The summed E-state index contributed by atoms with van der Waals surface area (Å²) in [5.74, 6) is 0. The van der Waals surface area contributed by atoms with Gasteiger partial charge in [0.1, 0.15) is 0 Å². The number of hydrogen-bond donors (Lipinski definition) is 2. The lowest BCUT2D eigenvalue weighted by atomic mass is 9.89. The van der Waals surface area contributed by atoms with Crippen LogP contribution in [0, 0.1) is 0 Å². The molecule has 96 valence electrons. The van der Waals surface area contributed by atoms with E-state index in [2.05, 4.69) is 50.4 Å². The van der Waals surface area contributed by atoms with Gasteiger partial charge in [-0.15, -0.1) is 0 Å². The van der Waals surface area contributed by atoms with E-state index < -0.39 is 0 Å². The number of rotatable bonds is 7. The quantitative estimate of drug-likeness (QED) is 0.760. The first-order valence-electron chi connectivity index (χ1n) is 6.72. The zero-order valence-corrected chi connectivity index (χ0v) is 11.4. The number of nitrogens with one attached hydrogen (secondary N) is 1. The first-order chi connectivity index (χ1) is 8.19. The van der Waals surface area contributed by atoms with Gasteiger partial charge in [0.15, 0.2) is 0 Å². The molecule has 0 spiro atoms. The zero-order chi connectivity index (χ0) is 12.7. The highest BCUT2D eigenvalue weighted by Gasteiger charge is 2.22. The largest absolute Gasteiger partial charge is 0.326 e. The first kappa shape index (κ1) is 14.2. The molecule has 0 heterocycles. The molecule has 1 rings (SSSR count). The van der Waals surface area contributed by atoms with Crippen LogP contribution in [0.4, 0.5) is 0 Å². The van der Waals surface area contributed by atoms with Crippen LogP contribution in [-0.4, -0.2) is 5.54 Å². The monoisotopic (exact) mass is 234 g/mol. The molecule has 2 heteroatoms. The second-order valence-corrected chi connectivity index (χ2v) is 4.72. The molecule has 1 aromatic rings. The van der Waals surface area contributed by atoms with Crippen LogP contribution in [0.5, 0.6) is 0 Å². The SMILES string of the molecule is CCC(CC)(CC)NCc1ccc(CN)cc1. The van der Waals surface area contributed by atoms with Gasteiger partial charge < -0.3 is 11.1 Å². The molecule has 0 amide bonds. The molecule has 3 N–H and O–H groups in total. The maximum Gasteiger partial charge on any atom is 0.0210 e. The van der Waals surface area contributed by atoms with Crippen molar-refractivity contribution in [2.45, 2.75) is 58.7 Å². The van der Waals surface area contributed by atoms with E-state index in [9.17, 15) is 0 Å². The van der Waals surface area contributed by atoms with Crippen LogP contribution < -0.4 is 11.1 Å². The number of nitrogens with two attached hydrogens (primary N) is 1. The molecule has 0 atom stereocenters. The minimum Gasteiger partial charge on any atom is -0.326 e. The van der Waals surface area contributed by atoms with Crippen molar-refractivity contribution in [3.05, 3.63) is 35.4 Å². The topological polar surface area (TPSA) is 38.0 Å². The summed E-state index contributed by atoms with van der Waals surface area (Å²) in [5, 5.41) is 3.70. The van der Waals surface area contributed by atoms with Gasteiger partial charge in [-0.25, -0.2) is 0 Å². The van der Waals surface area contributed by atoms with Crippen molar-refractivity contribution in [1.29, 1.82) is 0 Å². The predicted octanol–water partition coefficient (Wildman–Crippen LogP) is 3.20. The van der Waals surface area contributed by atoms with E-state index in [-0.39, 0.29) is 0 Å². The smallest absolute Gasteiger partial charge is 0.0210 e. The third kappa shape index (κ3) is 3.83. The molecular weight excluding hydrogens is 208 g/mol. The minimum absolute atomic E-state index is 0.298. The molecular formula is C15H26N2. The van der Waals surface area contributed by atoms with Gasteiger partial charge in [-0.3, -0.25) is 0 Å². The number of hydrogen-bond acceptors (Lipinski definition) is 2. The summed E-state index contributed by atoms with van der Waals surface area (Å²) in [5.41, 5.74) is 8.42. The standard InChI is InChI=1S/C15H26N2/c1-4-15(5-2,6-3)17-12-14-9-7-13(11-16)8-10-14/h7-10,17H,4-6,11-12,16H2,1-3H3. The van der Waals surface area contributed by atoms with Crippen molar-refractivity contribution in [3.8, 4) is 0 Å². The Kier molecular flexibility index (Phi) is 5.66. The second-order valence-electron chi connectivity index (χ2n) is 4.72. The Morgan fingerprint density at radius 2 is 1.41 bits per heavy atom. The van der Waals surface area contributed by atoms with Gasteiger partial charge in [-0.05, 0) is 30.4 Å². The van der Waals surface area contributed by atoms with Gasteiger partial charge in [0.05, 0.1) is 0 Å². The third-order valence-electron chi connectivity index (χ3n) is 3.96. The summed E-state index contributed by atoms with van der Waals surface area (Å²) in [6.07, 6.45) is 3.54. The Labute approximate surface area is 106 Å². The van der Waals surface area contributed by atoms with Crippen LogP contribution in [0.2, 0.25) is 0 Å². The van der Waals surface area contributed by atoms with Crippen LogP contribution in [0.3, 0.4) is 0 Å². The van der Waals surface area contributed by atoms with Crippen LogP contribution in [0.15, 0.2) is 24.3 Å². The Morgan fingerprint density at radius 3 is 1.82 bits per heavy atom. The van der Waals surface area contributed by atoms with Gasteiger partial charge in [0, 0.05) is 18.6 Å². The van der Waals surface area contributed by atoms with Crippen LogP contribution >= 0.6 is 0 Å². The van der Waals surface area contributed by atoms with Crippen LogP contribution in [-0.2, 0) is 13.1 Å². The van der Waals surface area contributed by atoms with Crippen molar-refractivity contribution in [3.63, 3.8) is 0 Å². The van der Waals surface area contributed by atoms with E-state index in [0.29, 0.717) is 12.1 Å². The summed E-state index contributed by atoms with van der Waals surface area (Å²) in [4.78, 5) is 0. The average Bonchev–Trinajstić information content (AvgIpc) is 2.41. The molecule has 0 unspecified atom stereocenters. The molecule has 0 bridgehead atoms. The highest BCUT2D eigenvalue weighted by molar-refractivity contribution is 5.22. The fraction of sp³-hybridized carbons (Fsp3) is 0.600. The molecule has 0 aliphatic rings. The third-order valence-corrected chi connectivity index (χ3v) is 3.96. The van der Waals surface area contributed by atoms with E-state index >= 15 is 0 Å². The van der Waals surface area contributed by atoms with E-state index in [1.54, 1.807) is 0 Å². The summed E-state index contributed by atoms with van der Waals surface area (Å²) in [6.45, 7) is 8.35. The van der Waals surface area contributed by atoms with Gasteiger partial charge >= 0.3 is 0 Å². The lowest BCUT2D eigenvalue weighted by molar-refractivity contribution is 0.288. The normalized spacial score (nSPS) is 11.8. The Hall–Kier alpha value is -0.860. The van der Waals surface area contributed by atoms with E-state index in [4.69, 9.17) is 5.73 Å². The highest BCUT2D eigenvalue weighted by atomic mass is 15.0. The van der Waals surface area contributed by atoms with Crippen LogP contribution in [0.25, 0.3) is 0 Å². The predicted molar refractivity (Wildman–Crippen MR) is 74.8 cm³/mol. The van der Waals surface area contributed by atoms with Gasteiger partial charge in [-0.2, -0.15) is 0 Å². The van der Waals surface area contributed by atoms with Gasteiger partial charge in [-0.1, -0.05) is 45.0 Å². The first-order valence-corrected chi connectivity index (χ1v) is 6.72. The zero-order valence-electron chi connectivity index (χ0n) is 11.4. The van der Waals surface area contributed by atoms with Gasteiger partial charge in [0.25, 0.3) is 0 Å². The fourth-order valence-corrected chi connectivity index (χ4v) is 2.21. The second kappa shape index (κ2) is 6.77. The Morgan fingerprint density at radius 1 is 0.941 bits per heavy atom. The molecule has 0 aliphatic carbocycles. The molecule has 0 radical (unpaired) electrons. The van der Waals surface area contributed by atoms with Crippen molar-refractivity contribution >= 4 is 0 Å². The molecule has 0 saturated heterocycles. The summed E-state index contributed by atoms with van der Waals surface area (Å²) >= 11 is 0. The lowest BCUT2D eigenvalue weighted by Gasteiger charge is -2.32. The van der Waals surface area contributed by atoms with Gasteiger partial charge in [0.2, 0.25) is 0 Å². The molecule has 0 fully saturated rings. The maximum absolute atomic E-state index is 5.59. The van der Waals surface area contributed by atoms with E-state index in [1.807, 2.05) is 0 Å². The summed E-state index contributed by atoms with van der Waals surface area (Å²) in [7, 11) is 0.